The summed E-state index contributed by atoms with van der Waals surface area (Å²) in [5, 5.41) is -0.467. The van der Waals surface area contributed by atoms with Gasteiger partial charge in [0.25, 0.3) is 5.62 Å². The van der Waals surface area contributed by atoms with Crippen LogP contribution >= 0.6 is 11.8 Å². The molecule has 59 valence electrons. The summed E-state index contributed by atoms with van der Waals surface area (Å²) in [6.45, 7) is 6.84. The number of carbonyl (C=O) groups is 1. The van der Waals surface area contributed by atoms with Crippen molar-refractivity contribution in [2.45, 2.75) is 11.7 Å². The predicted molar refractivity (Wildman–Crippen MR) is 47.1 cm³/mol. The summed E-state index contributed by atoms with van der Waals surface area (Å²) in [6, 6.07) is 0. The number of hydrogen-bond donors (Lipinski definition) is 0. The van der Waals surface area contributed by atoms with Crippen LogP contribution in [-0.4, -0.2) is 16.7 Å². The van der Waals surface area contributed by atoms with E-state index in [-0.39, 0.29) is 12.2 Å². The van der Waals surface area contributed by atoms with Crippen molar-refractivity contribution >= 4 is 23.2 Å². The van der Waals surface area contributed by atoms with Gasteiger partial charge in [-0.05, 0) is 0 Å². The van der Waals surface area contributed by atoms with Crippen LogP contribution in [0.25, 0.3) is 0 Å². The average Bonchev–Trinajstić information content (AvgIpc) is 2.00. The first kappa shape index (κ1) is 10.2. The van der Waals surface area contributed by atoms with Crippen molar-refractivity contribution in [3.8, 4) is 0 Å². The van der Waals surface area contributed by atoms with E-state index in [1.54, 1.807) is 5.62 Å². The Morgan fingerprint density at radius 3 is 2.64 bits per heavy atom. The average molecular weight is 169 g/mol. The van der Waals surface area contributed by atoms with Gasteiger partial charge in [-0.3, -0.25) is 9.59 Å². The Labute approximate surface area is 70.4 Å². The molecule has 0 aromatic heterocycles. The fourth-order valence-corrected chi connectivity index (χ4v) is 0.983. The van der Waals surface area contributed by atoms with Gasteiger partial charge < -0.3 is 0 Å². The van der Waals surface area contributed by atoms with Crippen molar-refractivity contribution in [2.75, 3.05) is 0 Å². The molecule has 3 heteroatoms. The van der Waals surface area contributed by atoms with Crippen LogP contribution in [0.3, 0.4) is 0 Å². The fraction of sp³-hybridized carbons (Fsp3) is 0.250. The number of thioether (sulfide) groups is 1. The highest BCUT2D eigenvalue weighted by Gasteiger charge is 2.12. The Balaban J connectivity index is 4.00. The summed E-state index contributed by atoms with van der Waals surface area (Å²) < 4.78 is 0. The maximum absolute atomic E-state index is 11.0. The van der Waals surface area contributed by atoms with Crippen LogP contribution in [0.1, 0.15) is 6.42 Å². The molecule has 0 fully saturated rings. The molecule has 0 heterocycles. The molecule has 0 aromatic rings. The normalized spacial score (nSPS) is 11.6. The maximum Gasteiger partial charge on any atom is 0.267 e. The van der Waals surface area contributed by atoms with Crippen molar-refractivity contribution in [3.05, 3.63) is 25.3 Å². The third-order valence-corrected chi connectivity index (χ3v) is 1.86. The van der Waals surface area contributed by atoms with Crippen LogP contribution in [0.2, 0.25) is 0 Å². The molecule has 2 nitrogen and oxygen atoms in total. The zero-order valence-electron chi connectivity index (χ0n) is 6.08. The van der Waals surface area contributed by atoms with E-state index in [1.807, 2.05) is 0 Å². The summed E-state index contributed by atoms with van der Waals surface area (Å²) in [7, 11) is 0. The molecule has 0 N–H and O–H groups in total. The second-order valence-corrected chi connectivity index (χ2v) is 2.73. The number of allylic oxidation sites excluding steroid dienone is 1. The first-order valence-electron chi connectivity index (χ1n) is 3.05. The Morgan fingerprint density at radius 2 is 2.27 bits per heavy atom. The van der Waals surface area contributed by atoms with E-state index >= 15 is 0 Å². The van der Waals surface area contributed by atoms with E-state index in [4.69, 9.17) is 0 Å². The van der Waals surface area contributed by atoms with Gasteiger partial charge in [0.1, 0.15) is 0 Å². The van der Waals surface area contributed by atoms with E-state index in [2.05, 4.69) is 13.2 Å². The molecular formula is C8H9O2S. The van der Waals surface area contributed by atoms with Gasteiger partial charge in [0.2, 0.25) is 0 Å². The summed E-state index contributed by atoms with van der Waals surface area (Å²) in [4.78, 5) is 20.9. The summed E-state index contributed by atoms with van der Waals surface area (Å²) in [6.07, 6.45) is 3.21. The van der Waals surface area contributed by atoms with Crippen LogP contribution in [-0.2, 0) is 9.59 Å². The van der Waals surface area contributed by atoms with Crippen LogP contribution in [0.5, 0.6) is 0 Å². The Morgan fingerprint density at radius 1 is 1.64 bits per heavy atom. The van der Waals surface area contributed by atoms with Gasteiger partial charge >= 0.3 is 0 Å². The lowest BCUT2D eigenvalue weighted by Gasteiger charge is -2.02. The van der Waals surface area contributed by atoms with Crippen molar-refractivity contribution in [2.24, 2.45) is 0 Å². The van der Waals surface area contributed by atoms with E-state index in [0.29, 0.717) is 0 Å². The SMILES string of the molecule is C=CCC(=O)C(C=C)S[C]=O. The maximum atomic E-state index is 11.0. The van der Waals surface area contributed by atoms with E-state index in [1.165, 1.54) is 12.2 Å². The van der Waals surface area contributed by atoms with Crippen molar-refractivity contribution < 1.29 is 9.59 Å². The summed E-state index contributed by atoms with van der Waals surface area (Å²) in [5.41, 5.74) is 1.60. The smallest absolute Gasteiger partial charge is 0.267 e. The van der Waals surface area contributed by atoms with Gasteiger partial charge in [0.05, 0.1) is 5.25 Å². The lowest BCUT2D eigenvalue weighted by Crippen LogP contribution is -2.12. The molecule has 0 aliphatic rings. The van der Waals surface area contributed by atoms with Crippen molar-refractivity contribution in [3.63, 3.8) is 0 Å². The molecule has 0 saturated heterocycles. The number of hydrogen-bond acceptors (Lipinski definition) is 3. The second kappa shape index (κ2) is 5.92. The molecule has 0 aliphatic carbocycles. The van der Waals surface area contributed by atoms with E-state index in [0.717, 1.165) is 11.8 Å². The Bertz CT molecular complexity index is 175. The highest BCUT2D eigenvalue weighted by atomic mass is 32.2. The van der Waals surface area contributed by atoms with E-state index in [9.17, 15) is 9.59 Å². The minimum absolute atomic E-state index is 0.0663. The van der Waals surface area contributed by atoms with E-state index < -0.39 is 5.25 Å². The first-order chi connectivity index (χ1) is 5.26. The minimum atomic E-state index is -0.467. The molecule has 11 heavy (non-hydrogen) atoms. The standard InChI is InChI=1S/C8H9O2S/c1-3-5-7(10)8(4-2)11-6-9/h3-4,8H,1-2,5H2. The van der Waals surface area contributed by atoms with Crippen LogP contribution in [0.4, 0.5) is 0 Å². The second-order valence-electron chi connectivity index (χ2n) is 1.82. The predicted octanol–water partition coefficient (Wildman–Crippen LogP) is 1.49. The first-order valence-corrected chi connectivity index (χ1v) is 3.93. The Hall–Kier alpha value is -0.830. The van der Waals surface area contributed by atoms with Crippen LogP contribution in [0.15, 0.2) is 25.3 Å². The molecule has 1 unspecified atom stereocenters. The monoisotopic (exact) mass is 169 g/mol. The highest BCUT2D eigenvalue weighted by Crippen LogP contribution is 2.11. The molecule has 0 aromatic carbocycles. The van der Waals surface area contributed by atoms with Gasteiger partial charge in [-0.1, -0.05) is 23.9 Å². The van der Waals surface area contributed by atoms with Crippen LogP contribution in [0, 0.1) is 0 Å². The third-order valence-electron chi connectivity index (χ3n) is 1.05. The molecule has 0 amide bonds. The third kappa shape index (κ3) is 3.78. The number of rotatable bonds is 6. The molecule has 0 rings (SSSR count). The lowest BCUT2D eigenvalue weighted by atomic mass is 10.2. The Kier molecular flexibility index (Phi) is 5.47. The molecular weight excluding hydrogens is 160 g/mol. The quantitative estimate of drug-likeness (QED) is 0.565. The summed E-state index contributed by atoms with van der Waals surface area (Å²) in [5.74, 6) is -0.0663. The molecule has 0 saturated carbocycles. The number of Topliss-reactive ketones (excluding diaryl/α,β-unsaturated/α-hetero) is 1. The topological polar surface area (TPSA) is 34.1 Å². The van der Waals surface area contributed by atoms with Crippen LogP contribution < -0.4 is 0 Å². The van der Waals surface area contributed by atoms with Crippen molar-refractivity contribution in [1.29, 1.82) is 0 Å². The number of carbonyl (C=O) groups excluding carboxylic acids is 2. The largest absolute Gasteiger partial charge is 0.298 e. The van der Waals surface area contributed by atoms with Crippen molar-refractivity contribution in [1.82, 2.24) is 0 Å². The van der Waals surface area contributed by atoms with Gasteiger partial charge in [0.15, 0.2) is 5.78 Å². The minimum Gasteiger partial charge on any atom is -0.298 e. The zero-order chi connectivity index (χ0) is 8.69. The van der Waals surface area contributed by atoms with Gasteiger partial charge in [-0.15, -0.1) is 13.2 Å². The van der Waals surface area contributed by atoms with Gasteiger partial charge in [-0.2, -0.15) is 0 Å². The number of ketones is 1. The molecule has 1 atom stereocenters. The van der Waals surface area contributed by atoms with Gasteiger partial charge in [0, 0.05) is 6.42 Å². The molecule has 1 radical (unpaired) electrons. The molecule has 0 bridgehead atoms. The zero-order valence-corrected chi connectivity index (χ0v) is 6.89. The van der Waals surface area contributed by atoms with Gasteiger partial charge in [-0.25, -0.2) is 0 Å². The molecule has 0 spiro atoms. The highest BCUT2D eigenvalue weighted by molar-refractivity contribution is 8.13. The molecule has 0 aliphatic heterocycles. The summed E-state index contributed by atoms with van der Waals surface area (Å²) >= 11 is 0.804. The lowest BCUT2D eigenvalue weighted by molar-refractivity contribution is -0.117. The fourth-order valence-electron chi connectivity index (χ4n) is 0.556.